The third-order valence-corrected chi connectivity index (χ3v) is 0. The fourth-order valence-electron chi connectivity index (χ4n) is 0. The monoisotopic (exact) mass is 144 g/mol. The summed E-state index contributed by atoms with van der Waals surface area (Å²) < 4.78 is 0. The molecular weight excluding hydrogens is 135 g/mol. The lowest BCUT2D eigenvalue weighted by molar-refractivity contribution is -0.742. The van der Waals surface area contributed by atoms with Crippen LogP contribution in [0.15, 0.2) is 0 Å². The topological polar surface area (TPSA) is 75.4 Å². The molecule has 0 saturated heterocycles. The quantitative estimate of drug-likeness (QED) is 0.368. The Labute approximate surface area is 53.2 Å². The van der Waals surface area contributed by atoms with Gasteiger partial charge in [0.1, 0.15) is 0 Å². The van der Waals surface area contributed by atoms with Gasteiger partial charge in [0, 0.05) is 0 Å². The molecule has 0 aromatic rings. The van der Waals surface area contributed by atoms with Gasteiger partial charge in [0.15, 0.2) is 0 Å². The average Bonchev–Trinajstić information content (AvgIpc) is 1.33. The van der Waals surface area contributed by atoms with E-state index in [9.17, 15) is 0 Å². The summed E-state index contributed by atoms with van der Waals surface area (Å²) in [7, 11) is 3.75. The van der Waals surface area contributed by atoms with Crippen molar-refractivity contribution in [3.05, 3.63) is 10.1 Å². The molecule has 0 amide bonds. The zero-order valence-electron chi connectivity index (χ0n) is 4.62. The molecule has 0 atom stereocenters. The maximum Gasteiger partial charge on any atom is 0.291 e. The maximum absolute atomic E-state index is 8.36. The Morgan fingerprint density at radius 3 is 1.62 bits per heavy atom. The Morgan fingerprint density at radius 1 is 1.62 bits per heavy atom. The van der Waals surface area contributed by atoms with Crippen molar-refractivity contribution in [3.8, 4) is 0 Å². The smallest absolute Gasteiger partial charge is 0.291 e. The van der Waals surface area contributed by atoms with Crippen LogP contribution in [0.25, 0.3) is 0 Å². The van der Waals surface area contributed by atoms with Crippen molar-refractivity contribution in [1.29, 1.82) is 0 Å². The molecule has 0 aliphatic carbocycles. The zero-order chi connectivity index (χ0) is 6.28. The summed E-state index contributed by atoms with van der Waals surface area (Å²) >= 11 is 0. The fraction of sp³-hybridized carbons (Fsp3) is 1.00. The molecule has 0 unspecified atom stereocenters. The first kappa shape index (κ1) is 15.7. The second kappa shape index (κ2) is 16.1. The van der Waals surface area contributed by atoms with E-state index in [1.54, 1.807) is 0 Å². The van der Waals surface area contributed by atoms with Gasteiger partial charge in [0.25, 0.3) is 5.09 Å². The van der Waals surface area contributed by atoms with Crippen molar-refractivity contribution in [2.24, 2.45) is 0 Å². The minimum Gasteiger partial charge on any atom is -0.328 e. The van der Waals surface area contributed by atoms with Gasteiger partial charge in [-0.3, -0.25) is 0 Å². The van der Waals surface area contributed by atoms with Gasteiger partial charge in [-0.1, -0.05) is 0 Å². The highest BCUT2D eigenvalue weighted by Crippen LogP contribution is 1.38. The van der Waals surface area contributed by atoms with E-state index < -0.39 is 5.09 Å². The highest BCUT2D eigenvalue weighted by Gasteiger charge is 1.65. The molecule has 8 heavy (non-hydrogen) atoms. The second-order valence-corrected chi connectivity index (χ2v) is 0.738. The SMILES string of the molecule is CNC.Cl.O=[N+]([O-])O. The average molecular weight is 145 g/mol. The third-order valence-electron chi connectivity index (χ3n) is 0. The molecule has 0 bridgehead atoms. The van der Waals surface area contributed by atoms with Crippen molar-refractivity contribution in [1.82, 2.24) is 5.32 Å². The van der Waals surface area contributed by atoms with E-state index in [0.29, 0.717) is 0 Å². The van der Waals surface area contributed by atoms with Crippen LogP contribution in [-0.4, -0.2) is 24.4 Å². The van der Waals surface area contributed by atoms with Gasteiger partial charge in [-0.05, 0) is 14.1 Å². The normalized spacial score (nSPS) is 5.25. The number of nitrogens with zero attached hydrogens (tertiary/aromatic N) is 1. The van der Waals surface area contributed by atoms with E-state index in [2.05, 4.69) is 5.32 Å². The Balaban J connectivity index is -0.0000000575. The lowest BCUT2D eigenvalue weighted by Gasteiger charge is -1.59. The van der Waals surface area contributed by atoms with Gasteiger partial charge < -0.3 is 10.5 Å². The minimum atomic E-state index is -1.50. The van der Waals surface area contributed by atoms with E-state index in [0.717, 1.165) is 0 Å². The van der Waals surface area contributed by atoms with Gasteiger partial charge in [0.2, 0.25) is 0 Å². The molecule has 0 radical (unpaired) electrons. The molecule has 0 rings (SSSR count). The number of hydrogen-bond donors (Lipinski definition) is 2. The summed E-state index contributed by atoms with van der Waals surface area (Å²) in [6.07, 6.45) is 0. The number of nitrogens with one attached hydrogen (secondary N) is 1. The highest BCUT2D eigenvalue weighted by molar-refractivity contribution is 5.85. The van der Waals surface area contributed by atoms with Gasteiger partial charge >= 0.3 is 0 Å². The molecule has 0 saturated carbocycles. The molecule has 0 heterocycles. The second-order valence-electron chi connectivity index (χ2n) is 0.738. The molecule has 0 fully saturated rings. The molecule has 0 spiro atoms. The first-order valence-electron chi connectivity index (χ1n) is 1.57. The predicted octanol–water partition coefficient (Wildman–Crippen LogP) is -0.0903. The predicted molar refractivity (Wildman–Crippen MR) is 31.0 cm³/mol. The Hall–Kier alpha value is -0.550. The summed E-state index contributed by atoms with van der Waals surface area (Å²) in [5.74, 6) is 0. The largest absolute Gasteiger partial charge is 0.328 e. The lowest BCUT2D eigenvalue weighted by atomic mass is 11.3. The van der Waals surface area contributed by atoms with Gasteiger partial charge in [-0.15, -0.1) is 22.5 Å². The van der Waals surface area contributed by atoms with Crippen LogP contribution in [0.1, 0.15) is 0 Å². The summed E-state index contributed by atoms with van der Waals surface area (Å²) in [5.41, 5.74) is 0. The van der Waals surface area contributed by atoms with Crippen LogP contribution in [0.2, 0.25) is 0 Å². The number of rotatable bonds is 0. The zero-order valence-corrected chi connectivity index (χ0v) is 5.44. The van der Waals surface area contributed by atoms with Crippen LogP contribution in [0.4, 0.5) is 0 Å². The fourth-order valence-corrected chi connectivity index (χ4v) is 0. The van der Waals surface area contributed by atoms with E-state index in [-0.39, 0.29) is 12.4 Å². The first-order chi connectivity index (χ1) is 3.15. The van der Waals surface area contributed by atoms with E-state index in [4.69, 9.17) is 15.3 Å². The van der Waals surface area contributed by atoms with Crippen molar-refractivity contribution in [2.75, 3.05) is 14.1 Å². The first-order valence-corrected chi connectivity index (χ1v) is 1.57. The van der Waals surface area contributed by atoms with E-state index in [1.165, 1.54) is 0 Å². The molecule has 0 aromatic carbocycles. The third kappa shape index (κ3) is 357. The molecule has 52 valence electrons. The molecule has 2 N–H and O–H groups in total. The van der Waals surface area contributed by atoms with Crippen LogP contribution in [0.5, 0.6) is 0 Å². The lowest BCUT2D eigenvalue weighted by Crippen LogP contribution is -1.89. The van der Waals surface area contributed by atoms with Crippen LogP contribution < -0.4 is 5.32 Å². The minimum absolute atomic E-state index is 0. The van der Waals surface area contributed by atoms with Crippen molar-refractivity contribution < 1.29 is 10.3 Å². The van der Waals surface area contributed by atoms with Gasteiger partial charge in [0.05, 0.1) is 0 Å². The van der Waals surface area contributed by atoms with Gasteiger partial charge in [-0.25, -0.2) is 0 Å². The molecule has 0 aliphatic heterocycles. The number of hydrogen-bond acceptors (Lipinski definition) is 3. The maximum atomic E-state index is 8.36. The standard InChI is InChI=1S/C2H7N.ClH.HNO3/c1-3-2;;2-1(3)4/h3H,1-2H3;1H;(H,2,3,4). The highest BCUT2D eigenvalue weighted by atomic mass is 35.5. The summed E-state index contributed by atoms with van der Waals surface area (Å²) in [4.78, 5) is 8.36. The van der Waals surface area contributed by atoms with Crippen molar-refractivity contribution in [3.63, 3.8) is 0 Å². The summed E-state index contributed by atoms with van der Waals surface area (Å²) in [6.45, 7) is 0. The van der Waals surface area contributed by atoms with Crippen LogP contribution in [0.3, 0.4) is 0 Å². The Bertz CT molecular complexity index is 46.5. The molecule has 5 nitrogen and oxygen atoms in total. The van der Waals surface area contributed by atoms with Crippen molar-refractivity contribution in [2.45, 2.75) is 0 Å². The number of halogens is 1. The van der Waals surface area contributed by atoms with Crippen molar-refractivity contribution >= 4 is 12.4 Å². The molecular formula is C2H9ClN2O3. The summed E-state index contributed by atoms with van der Waals surface area (Å²) in [6, 6.07) is 0. The molecule has 0 aliphatic rings. The van der Waals surface area contributed by atoms with Crippen LogP contribution >= 0.6 is 12.4 Å². The van der Waals surface area contributed by atoms with Crippen LogP contribution in [0, 0.1) is 10.1 Å². The Morgan fingerprint density at radius 2 is 1.62 bits per heavy atom. The van der Waals surface area contributed by atoms with E-state index in [1.807, 2.05) is 14.1 Å². The van der Waals surface area contributed by atoms with Crippen LogP contribution in [-0.2, 0) is 0 Å². The summed E-state index contributed by atoms with van der Waals surface area (Å²) in [5, 5.41) is 16.4. The molecule has 0 aromatic heterocycles. The molecule has 6 heteroatoms. The van der Waals surface area contributed by atoms with Gasteiger partial charge in [-0.2, -0.15) is 0 Å². The Kier molecular flexibility index (Phi) is 31.5. The van der Waals surface area contributed by atoms with E-state index >= 15 is 0 Å².